The van der Waals surface area contributed by atoms with E-state index in [0.29, 0.717) is 51.4 Å². The number of aliphatic hydroxyl groups excluding tert-OH is 2. The largest absolute Gasteiger partial charge is 1.00 e. The standard InChI is InChI=1S/C82H148N4O21P2.2Na/c1-7-13-19-25-27-29-31-37-43-49-79(92)106-75(47-41-35-23-17-11-5)62-77(90)85-70(64-100-55-51-72(87)45-39-33-21-15-9-3)66-104-108(96,97)102-57-53-83-81(94)68-59-69(61-74(89)60-68)82(95)84-54-58-103-109(98,99)105-67-71(65-101-56-52-73(88)46-40-34-22-16-10-4)86-78(91)63-76(48-42-36-24-18-12-6)107-80(93)50-44-38-32-30-28-26-20-14-8-2;;/h29-32,59-61,70-73,75-76,87-89H,7-28,33-58,62-67H2,1-6H3,(H,83,94)(H,84,95)(H,85,90)(H,86,91)(H,96,97)(H,98,99);;/q;2*+1/p-2/b31-29-,32-30-;;/t70?,71?,72-,73-,75-,76-;;/m1../s1. The molecule has 111 heavy (non-hydrogen) atoms. The quantitative estimate of drug-likeness (QED) is 0.0105. The molecule has 29 heteroatoms. The molecule has 632 valence electrons. The van der Waals surface area contributed by atoms with Crippen LogP contribution in [0.3, 0.4) is 0 Å². The normalized spacial score (nSPS) is 14.3. The monoisotopic (exact) mass is 1630 g/mol. The first-order valence-electron chi connectivity index (χ1n) is 42.0. The molecule has 0 bridgehead atoms. The zero-order valence-corrected chi connectivity index (χ0v) is 75.6. The Morgan fingerprint density at radius 2 is 0.721 bits per heavy atom. The number of allylic oxidation sites excluding steroid dienone is 4. The predicted octanol–water partition coefficient (Wildman–Crippen LogP) is 9.81. The van der Waals surface area contributed by atoms with Crippen molar-refractivity contribution in [2.24, 2.45) is 0 Å². The van der Waals surface area contributed by atoms with Crippen LogP contribution in [0.5, 0.6) is 5.75 Å². The minimum absolute atomic E-state index is 0. The van der Waals surface area contributed by atoms with Crippen molar-refractivity contribution in [2.45, 2.75) is 361 Å². The summed E-state index contributed by atoms with van der Waals surface area (Å²) >= 11 is 0. The molecule has 0 aromatic heterocycles. The van der Waals surface area contributed by atoms with Crippen LogP contribution in [0.25, 0.3) is 0 Å². The fraction of sp³-hybridized carbons (Fsp3) is 0.805. The van der Waals surface area contributed by atoms with Crippen molar-refractivity contribution < 1.29 is 159 Å². The van der Waals surface area contributed by atoms with Crippen molar-refractivity contribution in [3.8, 4) is 5.75 Å². The van der Waals surface area contributed by atoms with Gasteiger partial charge in [0.05, 0.1) is 76.8 Å². The Morgan fingerprint density at radius 3 is 1.06 bits per heavy atom. The summed E-state index contributed by atoms with van der Waals surface area (Å²) in [5.41, 5.74) is -0.409. The van der Waals surface area contributed by atoms with E-state index in [-0.39, 0.29) is 122 Å². The Bertz CT molecular complexity index is 2500. The number of carbonyl (C=O) groups excluding carboxylic acids is 6. The topological polar surface area (TPSA) is 365 Å². The van der Waals surface area contributed by atoms with Crippen molar-refractivity contribution in [1.82, 2.24) is 21.3 Å². The van der Waals surface area contributed by atoms with E-state index in [0.717, 1.165) is 185 Å². The first-order chi connectivity index (χ1) is 52.6. The summed E-state index contributed by atoms with van der Waals surface area (Å²) < 4.78 is 70.3. The number of phosphoric acid groups is 2. The van der Waals surface area contributed by atoms with Crippen LogP contribution in [0.1, 0.15) is 345 Å². The molecule has 0 saturated carbocycles. The Balaban J connectivity index is 0. The molecule has 4 unspecified atom stereocenters. The van der Waals surface area contributed by atoms with Crippen molar-refractivity contribution in [3.05, 3.63) is 53.6 Å². The van der Waals surface area contributed by atoms with Gasteiger partial charge in [-0.15, -0.1) is 0 Å². The average Bonchev–Trinajstić information content (AvgIpc) is 0.847. The van der Waals surface area contributed by atoms with Gasteiger partial charge in [0.2, 0.25) is 11.8 Å². The van der Waals surface area contributed by atoms with E-state index in [4.69, 9.17) is 37.0 Å². The molecule has 0 aliphatic heterocycles. The number of nitrogens with one attached hydrogen (secondary N) is 4. The minimum atomic E-state index is -5.11. The van der Waals surface area contributed by atoms with Gasteiger partial charge >= 0.3 is 71.1 Å². The molecule has 0 heterocycles. The van der Waals surface area contributed by atoms with Crippen LogP contribution in [-0.4, -0.2) is 153 Å². The van der Waals surface area contributed by atoms with E-state index in [2.05, 4.69) is 87.1 Å². The first kappa shape index (κ1) is 110. The van der Waals surface area contributed by atoms with Gasteiger partial charge < -0.3 is 83.4 Å². The molecular formula is C82H146N4Na2O21P2. The molecule has 1 rings (SSSR count). The average molecular weight is 1630 g/mol. The van der Waals surface area contributed by atoms with E-state index in [9.17, 15) is 63.0 Å². The number of hydrogen-bond donors (Lipinski definition) is 7. The Hall–Kier alpha value is -2.62. The summed E-state index contributed by atoms with van der Waals surface area (Å²) in [6.07, 6.45) is 42.6. The zero-order chi connectivity index (χ0) is 80.3. The van der Waals surface area contributed by atoms with Crippen molar-refractivity contribution in [2.75, 3.05) is 65.9 Å². The van der Waals surface area contributed by atoms with Crippen LogP contribution in [-0.2, 0) is 65.4 Å². The summed E-state index contributed by atoms with van der Waals surface area (Å²) in [6, 6.07) is 1.22. The van der Waals surface area contributed by atoms with E-state index in [1.165, 1.54) is 38.5 Å². The number of aromatic hydroxyl groups is 1. The van der Waals surface area contributed by atoms with Crippen LogP contribution in [0, 0.1) is 0 Å². The molecule has 0 radical (unpaired) electrons. The smallest absolute Gasteiger partial charge is 0.756 e. The molecule has 8 atom stereocenters. The summed E-state index contributed by atoms with van der Waals surface area (Å²) in [6.45, 7) is 9.47. The molecule has 7 N–H and O–H groups in total. The number of carbonyl (C=O) groups is 6. The van der Waals surface area contributed by atoms with Gasteiger partial charge in [0, 0.05) is 50.3 Å². The molecule has 0 saturated heterocycles. The van der Waals surface area contributed by atoms with Gasteiger partial charge in [-0.1, -0.05) is 220 Å². The predicted molar refractivity (Wildman–Crippen MR) is 425 cm³/mol. The second-order valence-electron chi connectivity index (χ2n) is 28.9. The van der Waals surface area contributed by atoms with Gasteiger partial charge in [-0.3, -0.25) is 37.9 Å². The van der Waals surface area contributed by atoms with Crippen LogP contribution < -0.4 is 90.2 Å². The second kappa shape index (κ2) is 74.9. The molecular weight excluding hydrogens is 1480 g/mol. The Kier molecular flexibility index (Phi) is 74.5. The fourth-order valence-electron chi connectivity index (χ4n) is 12.0. The molecule has 0 spiro atoms. The zero-order valence-electron chi connectivity index (χ0n) is 69.8. The van der Waals surface area contributed by atoms with Gasteiger partial charge in [0.1, 0.15) is 18.0 Å². The van der Waals surface area contributed by atoms with Gasteiger partial charge in [-0.2, -0.15) is 0 Å². The maximum absolute atomic E-state index is 13.7. The van der Waals surface area contributed by atoms with Crippen LogP contribution in [0.2, 0.25) is 0 Å². The van der Waals surface area contributed by atoms with Crippen molar-refractivity contribution >= 4 is 51.2 Å². The van der Waals surface area contributed by atoms with E-state index < -0.39 is 133 Å². The Labute approximate surface area is 712 Å². The van der Waals surface area contributed by atoms with Crippen LogP contribution in [0.4, 0.5) is 0 Å². The second-order valence-corrected chi connectivity index (χ2v) is 31.7. The Morgan fingerprint density at radius 1 is 0.405 bits per heavy atom. The van der Waals surface area contributed by atoms with E-state index in [1.807, 2.05) is 0 Å². The molecule has 0 fully saturated rings. The van der Waals surface area contributed by atoms with Gasteiger partial charge in [-0.05, 0) is 121 Å². The van der Waals surface area contributed by atoms with Crippen molar-refractivity contribution in [3.63, 3.8) is 0 Å². The number of rotatable bonds is 76. The van der Waals surface area contributed by atoms with Gasteiger partial charge in [-0.25, -0.2) is 0 Å². The van der Waals surface area contributed by atoms with E-state index in [1.54, 1.807) is 0 Å². The third-order valence-electron chi connectivity index (χ3n) is 18.4. The molecule has 1 aromatic carbocycles. The molecule has 25 nitrogen and oxygen atoms in total. The number of benzene rings is 1. The number of amides is 4. The van der Waals surface area contributed by atoms with Crippen LogP contribution in [0.15, 0.2) is 42.5 Å². The number of ether oxygens (including phenoxy) is 4. The number of phenols is 1. The summed E-state index contributed by atoms with van der Waals surface area (Å²) in [7, 11) is -10.2. The first-order valence-corrected chi connectivity index (χ1v) is 44.9. The molecule has 1 aromatic rings. The third-order valence-corrected chi connectivity index (χ3v) is 20.3. The number of phenolic OH excluding ortho intramolecular Hbond substituents is 1. The third kappa shape index (κ3) is 67.0. The maximum Gasteiger partial charge on any atom is 1.00 e. The molecule has 0 aliphatic carbocycles. The molecule has 4 amide bonds. The number of esters is 2. The minimum Gasteiger partial charge on any atom is -0.756 e. The summed E-state index contributed by atoms with van der Waals surface area (Å²) in [5, 5.41) is 42.2. The van der Waals surface area contributed by atoms with Gasteiger partial charge in [0.25, 0.3) is 27.5 Å². The number of aliphatic hydroxyl groups is 2. The summed E-state index contributed by atoms with van der Waals surface area (Å²) in [5.74, 6) is -3.99. The van der Waals surface area contributed by atoms with Crippen LogP contribution >= 0.6 is 15.6 Å². The van der Waals surface area contributed by atoms with Crippen molar-refractivity contribution in [1.29, 1.82) is 0 Å². The SMILES string of the molecule is CCCCCC/C=C\CCCC(=O)O[C@H](CCCCCCC)CC(=O)NC(COCC[C@H](O)CCCCCCC)COP(=O)([O-])OCCNC(=O)c1cc(O)cc(C(=O)NCCOP(=O)([O-])OCC(COCC[C@H](O)CCCCCCC)NC(=O)C[C@@H](CCCCCCC)OC(=O)CCC/C=C\CCCCCC)c1.[Na+].[Na+]. The number of phosphoric ester groups is 2. The fourth-order valence-corrected chi connectivity index (χ4v) is 13.5. The number of hydrogen-bond acceptors (Lipinski definition) is 21. The maximum atomic E-state index is 13.7. The summed E-state index contributed by atoms with van der Waals surface area (Å²) in [4.78, 5) is 106. The van der Waals surface area contributed by atoms with E-state index >= 15 is 0 Å². The molecule has 0 aliphatic rings. The number of unbranched alkanes of at least 4 members (excludes halogenated alkanes) is 26. The van der Waals surface area contributed by atoms with Gasteiger partial charge in [0.15, 0.2) is 0 Å².